The Morgan fingerprint density at radius 2 is 2.30 bits per heavy atom. The van der Waals surface area contributed by atoms with Gasteiger partial charge < -0.3 is 10.2 Å². The third-order valence-electron chi connectivity index (χ3n) is 3.52. The number of rotatable bonds is 4. The predicted octanol–water partition coefficient (Wildman–Crippen LogP) is 1.41. The van der Waals surface area contributed by atoms with Crippen LogP contribution in [-0.2, 0) is 0 Å². The zero-order valence-electron chi connectivity index (χ0n) is 11.5. The van der Waals surface area contributed by atoms with E-state index in [0.29, 0.717) is 22.9 Å². The van der Waals surface area contributed by atoms with Crippen molar-refractivity contribution in [1.29, 1.82) is 0 Å². The van der Waals surface area contributed by atoms with Gasteiger partial charge in [0.2, 0.25) is 5.82 Å². The average molecular weight is 344 g/mol. The summed E-state index contributed by atoms with van der Waals surface area (Å²) in [5.74, 6) is 0.319. The van der Waals surface area contributed by atoms with E-state index in [9.17, 15) is 10.1 Å². The van der Waals surface area contributed by atoms with E-state index in [1.54, 1.807) is 6.20 Å². The van der Waals surface area contributed by atoms with Crippen LogP contribution in [0.15, 0.2) is 16.7 Å². The zero-order valence-corrected chi connectivity index (χ0v) is 13.1. The third-order valence-corrected chi connectivity index (χ3v) is 3.95. The van der Waals surface area contributed by atoms with Crippen molar-refractivity contribution in [2.75, 3.05) is 45.6 Å². The number of nitro groups is 1. The van der Waals surface area contributed by atoms with E-state index >= 15 is 0 Å². The lowest BCUT2D eigenvalue weighted by molar-refractivity contribution is -0.384. The molecule has 0 spiro atoms. The molecule has 2 heterocycles. The number of nitrogens with zero attached hydrogens (tertiary/aromatic N) is 4. The first-order valence-corrected chi connectivity index (χ1v) is 7.19. The first-order chi connectivity index (χ1) is 9.47. The Kier molecular flexibility index (Phi) is 4.90. The standard InChI is InChI=1S/C12H18BrN5O2/c1-16-3-4-17(2)10(8-16)7-15-12-11(18(19)20)5-9(13)6-14-12/h5-6,10H,3-4,7-8H2,1-2H3,(H,14,15). The molecule has 7 nitrogen and oxygen atoms in total. The topological polar surface area (TPSA) is 74.5 Å². The number of hydrogen-bond acceptors (Lipinski definition) is 6. The summed E-state index contributed by atoms with van der Waals surface area (Å²) in [5.41, 5.74) is -0.00816. The SMILES string of the molecule is CN1CCN(C)C(CNc2ncc(Br)cc2[N+](=O)[O-])C1. The molecular weight excluding hydrogens is 326 g/mol. The molecule has 0 saturated carbocycles. The molecule has 1 unspecified atom stereocenters. The average Bonchev–Trinajstić information content (AvgIpc) is 2.40. The maximum Gasteiger partial charge on any atom is 0.312 e. The van der Waals surface area contributed by atoms with Gasteiger partial charge in [-0.05, 0) is 30.0 Å². The maximum absolute atomic E-state index is 11.0. The normalized spacial score (nSPS) is 20.9. The predicted molar refractivity (Wildman–Crippen MR) is 81.0 cm³/mol. The highest BCUT2D eigenvalue weighted by Gasteiger charge is 2.23. The van der Waals surface area contributed by atoms with Crippen molar-refractivity contribution in [2.24, 2.45) is 0 Å². The van der Waals surface area contributed by atoms with Gasteiger partial charge in [0.15, 0.2) is 0 Å². The van der Waals surface area contributed by atoms with Crippen LogP contribution in [0.1, 0.15) is 0 Å². The van der Waals surface area contributed by atoms with Crippen LogP contribution in [0.5, 0.6) is 0 Å². The number of nitrogens with one attached hydrogen (secondary N) is 1. The summed E-state index contributed by atoms with van der Waals surface area (Å²) in [6.45, 7) is 3.62. The Morgan fingerprint density at radius 1 is 1.55 bits per heavy atom. The van der Waals surface area contributed by atoms with E-state index in [1.807, 2.05) is 0 Å². The van der Waals surface area contributed by atoms with Crippen molar-refractivity contribution in [1.82, 2.24) is 14.8 Å². The van der Waals surface area contributed by atoms with Gasteiger partial charge in [-0.25, -0.2) is 4.98 Å². The van der Waals surface area contributed by atoms with Crippen LogP contribution >= 0.6 is 15.9 Å². The number of hydrogen-bond donors (Lipinski definition) is 1. The summed E-state index contributed by atoms with van der Waals surface area (Å²) in [4.78, 5) is 19.2. The molecule has 0 radical (unpaired) electrons. The second-order valence-corrected chi connectivity index (χ2v) is 5.97. The molecule has 0 aliphatic carbocycles. The lowest BCUT2D eigenvalue weighted by Crippen LogP contribution is -2.52. The Bertz CT molecular complexity index is 499. The Morgan fingerprint density at radius 3 is 3.00 bits per heavy atom. The smallest absolute Gasteiger partial charge is 0.312 e. The van der Waals surface area contributed by atoms with Gasteiger partial charge >= 0.3 is 5.69 Å². The number of piperazine rings is 1. The molecule has 1 aromatic rings. The van der Waals surface area contributed by atoms with Crippen LogP contribution in [0.4, 0.5) is 11.5 Å². The number of halogens is 1. The fraction of sp³-hybridized carbons (Fsp3) is 0.583. The Balaban J connectivity index is 2.05. The molecular formula is C12H18BrN5O2. The van der Waals surface area contributed by atoms with Gasteiger partial charge in [-0.2, -0.15) is 0 Å². The minimum atomic E-state index is -0.420. The van der Waals surface area contributed by atoms with Gasteiger partial charge in [0.05, 0.1) is 4.92 Å². The molecule has 1 atom stereocenters. The van der Waals surface area contributed by atoms with Crippen molar-refractivity contribution < 1.29 is 4.92 Å². The fourth-order valence-electron chi connectivity index (χ4n) is 2.24. The Labute approximate surface area is 126 Å². The van der Waals surface area contributed by atoms with E-state index < -0.39 is 4.92 Å². The number of pyridine rings is 1. The molecule has 0 bridgehead atoms. The first kappa shape index (κ1) is 15.1. The monoisotopic (exact) mass is 343 g/mol. The summed E-state index contributed by atoms with van der Waals surface area (Å²) in [5, 5.41) is 14.1. The lowest BCUT2D eigenvalue weighted by Gasteiger charge is -2.37. The molecule has 1 aliphatic heterocycles. The summed E-state index contributed by atoms with van der Waals surface area (Å²) in [6.07, 6.45) is 1.56. The van der Waals surface area contributed by atoms with Gasteiger partial charge in [0.25, 0.3) is 0 Å². The third kappa shape index (κ3) is 3.65. The summed E-state index contributed by atoms with van der Waals surface area (Å²) < 4.78 is 0.601. The molecule has 1 aromatic heterocycles. The van der Waals surface area contributed by atoms with Crippen LogP contribution in [0.25, 0.3) is 0 Å². The van der Waals surface area contributed by atoms with Crippen molar-refractivity contribution in [2.45, 2.75) is 6.04 Å². The molecule has 1 saturated heterocycles. The lowest BCUT2D eigenvalue weighted by atomic mass is 10.2. The van der Waals surface area contributed by atoms with E-state index in [1.165, 1.54) is 6.07 Å². The number of aromatic nitrogens is 1. The quantitative estimate of drug-likeness (QED) is 0.658. The minimum absolute atomic E-state index is 0.00816. The van der Waals surface area contributed by atoms with E-state index in [4.69, 9.17) is 0 Å². The van der Waals surface area contributed by atoms with Gasteiger partial charge in [0.1, 0.15) is 0 Å². The second kappa shape index (κ2) is 6.47. The van der Waals surface area contributed by atoms with Crippen molar-refractivity contribution in [3.63, 3.8) is 0 Å². The Hall–Kier alpha value is -1.25. The van der Waals surface area contributed by atoms with Crippen molar-refractivity contribution in [3.8, 4) is 0 Å². The highest BCUT2D eigenvalue weighted by Crippen LogP contribution is 2.25. The molecule has 1 aliphatic rings. The van der Waals surface area contributed by atoms with Crippen LogP contribution in [-0.4, -0.2) is 66.0 Å². The zero-order chi connectivity index (χ0) is 14.7. The van der Waals surface area contributed by atoms with E-state index in [0.717, 1.165) is 19.6 Å². The molecule has 1 fully saturated rings. The maximum atomic E-state index is 11.0. The fourth-order valence-corrected chi connectivity index (χ4v) is 2.56. The van der Waals surface area contributed by atoms with Gasteiger partial charge in [-0.3, -0.25) is 15.0 Å². The van der Waals surface area contributed by atoms with Gasteiger partial charge in [-0.15, -0.1) is 0 Å². The second-order valence-electron chi connectivity index (χ2n) is 5.06. The van der Waals surface area contributed by atoms with Crippen LogP contribution in [0, 0.1) is 10.1 Å². The van der Waals surface area contributed by atoms with Crippen molar-refractivity contribution >= 4 is 27.4 Å². The molecule has 110 valence electrons. The number of likely N-dealkylation sites (N-methyl/N-ethyl adjacent to an activating group) is 2. The van der Waals surface area contributed by atoms with Crippen LogP contribution < -0.4 is 5.32 Å². The molecule has 8 heteroatoms. The molecule has 20 heavy (non-hydrogen) atoms. The van der Waals surface area contributed by atoms with Gasteiger partial charge in [0, 0.05) is 49.0 Å². The molecule has 0 aromatic carbocycles. The minimum Gasteiger partial charge on any atom is -0.363 e. The molecule has 0 amide bonds. The van der Waals surface area contributed by atoms with E-state index in [2.05, 4.69) is 50.1 Å². The van der Waals surface area contributed by atoms with Gasteiger partial charge in [-0.1, -0.05) is 0 Å². The van der Waals surface area contributed by atoms with Crippen LogP contribution in [0.3, 0.4) is 0 Å². The highest BCUT2D eigenvalue weighted by molar-refractivity contribution is 9.10. The number of anilines is 1. The summed E-state index contributed by atoms with van der Waals surface area (Å²) >= 11 is 3.20. The first-order valence-electron chi connectivity index (χ1n) is 6.40. The van der Waals surface area contributed by atoms with Crippen molar-refractivity contribution in [3.05, 3.63) is 26.9 Å². The van der Waals surface area contributed by atoms with E-state index in [-0.39, 0.29) is 5.69 Å². The highest BCUT2D eigenvalue weighted by atomic mass is 79.9. The summed E-state index contributed by atoms with van der Waals surface area (Å²) in [7, 11) is 4.16. The van der Waals surface area contributed by atoms with Crippen LogP contribution in [0.2, 0.25) is 0 Å². The molecule has 1 N–H and O–H groups in total. The largest absolute Gasteiger partial charge is 0.363 e. The summed E-state index contributed by atoms with van der Waals surface area (Å²) in [6, 6.07) is 1.78. The molecule has 2 rings (SSSR count).